The van der Waals surface area contributed by atoms with E-state index in [2.05, 4.69) is 10.5 Å². The largest absolute Gasteiger partial charge is 0.366 e. The molecule has 1 amide bonds. The molecule has 1 unspecified atom stereocenters. The van der Waals surface area contributed by atoms with Gasteiger partial charge < -0.3 is 10.6 Å². The molecule has 5 heteroatoms. The van der Waals surface area contributed by atoms with Gasteiger partial charge in [0.2, 0.25) is 5.91 Å². The lowest BCUT2D eigenvalue weighted by atomic mass is 10.1. The fourth-order valence-corrected chi connectivity index (χ4v) is 1.38. The first-order valence-corrected chi connectivity index (χ1v) is 3.80. The number of fused-ring (bicyclic) bond motifs is 1. The van der Waals surface area contributed by atoms with Gasteiger partial charge in [0.1, 0.15) is 12.5 Å². The van der Waals surface area contributed by atoms with E-state index in [1.54, 1.807) is 6.34 Å². The third-order valence-corrected chi connectivity index (χ3v) is 2.09. The van der Waals surface area contributed by atoms with Gasteiger partial charge in [0.15, 0.2) is 0 Å². The number of nitrogens with two attached hydrogens (primary N) is 1. The summed E-state index contributed by atoms with van der Waals surface area (Å²) in [5.41, 5.74) is 8.74. The number of rotatable bonds is 1. The van der Waals surface area contributed by atoms with Crippen molar-refractivity contribution in [3.63, 3.8) is 0 Å². The molecule has 2 rings (SSSR count). The van der Waals surface area contributed by atoms with Gasteiger partial charge in [0.25, 0.3) is 0 Å². The second kappa shape index (κ2) is 2.51. The van der Waals surface area contributed by atoms with Crippen LogP contribution in [-0.4, -0.2) is 29.9 Å². The number of nitrogens with zero attached hydrogens (tertiary/aromatic N) is 2. The maximum absolute atomic E-state index is 10.8. The van der Waals surface area contributed by atoms with E-state index in [1.165, 1.54) is 0 Å². The van der Waals surface area contributed by atoms with Crippen molar-refractivity contribution < 1.29 is 4.79 Å². The zero-order chi connectivity index (χ0) is 8.55. The van der Waals surface area contributed by atoms with Crippen LogP contribution in [0.15, 0.2) is 16.8 Å². The van der Waals surface area contributed by atoms with E-state index in [9.17, 15) is 4.79 Å². The Labute approximate surface area is 69.9 Å². The summed E-state index contributed by atoms with van der Waals surface area (Å²) in [4.78, 5) is 12.8. The van der Waals surface area contributed by atoms with Crippen LogP contribution in [-0.2, 0) is 4.79 Å². The first-order valence-electron chi connectivity index (χ1n) is 3.80. The zero-order valence-corrected chi connectivity index (χ0v) is 6.53. The Hall–Kier alpha value is -1.52. The molecule has 0 aromatic carbocycles. The number of hydrogen-bond donors (Lipinski definition) is 2. The van der Waals surface area contributed by atoms with Crippen molar-refractivity contribution in [1.29, 1.82) is 0 Å². The SMILES string of the molecule is NC(=O)C1=CCC2NN=CN2C1. The monoisotopic (exact) mass is 166 g/mol. The summed E-state index contributed by atoms with van der Waals surface area (Å²) >= 11 is 0. The summed E-state index contributed by atoms with van der Waals surface area (Å²) in [6.45, 7) is 0.566. The summed E-state index contributed by atoms with van der Waals surface area (Å²) in [5, 5.41) is 3.89. The molecule has 2 heterocycles. The number of carbonyl (C=O) groups excluding carboxylic acids is 1. The molecule has 0 aromatic heterocycles. The Morgan fingerprint density at radius 1 is 1.83 bits per heavy atom. The normalized spacial score (nSPS) is 26.2. The molecule has 3 N–H and O–H groups in total. The van der Waals surface area contributed by atoms with Gasteiger partial charge in [0.05, 0.1) is 6.54 Å². The molecule has 0 bridgehead atoms. The zero-order valence-electron chi connectivity index (χ0n) is 6.53. The molecule has 5 nitrogen and oxygen atoms in total. The Morgan fingerprint density at radius 2 is 2.67 bits per heavy atom. The highest BCUT2D eigenvalue weighted by Gasteiger charge is 2.25. The third-order valence-electron chi connectivity index (χ3n) is 2.09. The molecular formula is C7H10N4O. The summed E-state index contributed by atoms with van der Waals surface area (Å²) in [5.74, 6) is -0.339. The molecule has 0 aromatic rings. The van der Waals surface area contributed by atoms with Crippen LogP contribution in [0.4, 0.5) is 0 Å². The van der Waals surface area contributed by atoms with Gasteiger partial charge in [-0.25, -0.2) is 0 Å². The Kier molecular flexibility index (Phi) is 1.49. The van der Waals surface area contributed by atoms with Crippen molar-refractivity contribution in [3.8, 4) is 0 Å². The quantitative estimate of drug-likeness (QED) is 0.523. The molecule has 0 saturated heterocycles. The Morgan fingerprint density at radius 3 is 3.42 bits per heavy atom. The van der Waals surface area contributed by atoms with E-state index in [0.29, 0.717) is 12.1 Å². The second-order valence-electron chi connectivity index (χ2n) is 2.89. The van der Waals surface area contributed by atoms with Crippen LogP contribution in [0.1, 0.15) is 6.42 Å². The van der Waals surface area contributed by atoms with Crippen molar-refractivity contribution in [1.82, 2.24) is 10.3 Å². The molecular weight excluding hydrogens is 156 g/mol. The van der Waals surface area contributed by atoms with E-state index in [-0.39, 0.29) is 12.1 Å². The second-order valence-corrected chi connectivity index (χ2v) is 2.89. The van der Waals surface area contributed by atoms with Gasteiger partial charge >= 0.3 is 0 Å². The molecule has 2 aliphatic rings. The van der Waals surface area contributed by atoms with Crippen molar-refractivity contribution >= 4 is 12.2 Å². The fourth-order valence-electron chi connectivity index (χ4n) is 1.38. The van der Waals surface area contributed by atoms with E-state index in [1.807, 2.05) is 11.0 Å². The minimum absolute atomic E-state index is 0.216. The predicted molar refractivity (Wildman–Crippen MR) is 44.0 cm³/mol. The molecule has 2 aliphatic heterocycles. The number of primary amides is 1. The summed E-state index contributed by atoms with van der Waals surface area (Å²) in [6.07, 6.45) is 4.55. The minimum Gasteiger partial charge on any atom is -0.366 e. The molecule has 0 saturated carbocycles. The van der Waals surface area contributed by atoms with Gasteiger partial charge in [-0.2, -0.15) is 5.10 Å². The average Bonchev–Trinajstić information content (AvgIpc) is 2.49. The van der Waals surface area contributed by atoms with Crippen LogP contribution in [0.2, 0.25) is 0 Å². The van der Waals surface area contributed by atoms with Crippen molar-refractivity contribution in [2.24, 2.45) is 10.8 Å². The standard InChI is InChI=1S/C7H10N4O/c8-7(12)5-1-2-6-10-9-4-11(6)3-5/h1,4,6,10H,2-3H2,(H2,8,12). The molecule has 0 fully saturated rings. The maximum Gasteiger partial charge on any atom is 0.246 e. The highest BCUT2D eigenvalue weighted by atomic mass is 16.1. The first kappa shape index (κ1) is 7.15. The highest BCUT2D eigenvalue weighted by molar-refractivity contribution is 5.93. The lowest BCUT2D eigenvalue weighted by molar-refractivity contribution is -0.114. The first-order chi connectivity index (χ1) is 5.77. The van der Waals surface area contributed by atoms with Gasteiger partial charge in [-0.3, -0.25) is 10.2 Å². The highest BCUT2D eigenvalue weighted by Crippen LogP contribution is 2.15. The minimum atomic E-state index is -0.339. The lowest BCUT2D eigenvalue weighted by Crippen LogP contribution is -2.42. The summed E-state index contributed by atoms with van der Waals surface area (Å²) in [6, 6.07) is 0. The van der Waals surface area contributed by atoms with Gasteiger partial charge in [-0.15, -0.1) is 0 Å². The van der Waals surface area contributed by atoms with Crippen LogP contribution in [0.5, 0.6) is 0 Å². The van der Waals surface area contributed by atoms with Crippen molar-refractivity contribution in [3.05, 3.63) is 11.6 Å². The molecule has 64 valence electrons. The van der Waals surface area contributed by atoms with Crippen LogP contribution in [0.3, 0.4) is 0 Å². The fraction of sp³-hybridized carbons (Fsp3) is 0.429. The van der Waals surface area contributed by atoms with Crippen molar-refractivity contribution in [2.75, 3.05) is 6.54 Å². The Bertz CT molecular complexity index is 271. The van der Waals surface area contributed by atoms with Crippen LogP contribution in [0, 0.1) is 0 Å². The van der Waals surface area contributed by atoms with Crippen molar-refractivity contribution in [2.45, 2.75) is 12.6 Å². The van der Waals surface area contributed by atoms with Crippen LogP contribution < -0.4 is 11.2 Å². The Balaban J connectivity index is 2.13. The summed E-state index contributed by atoms with van der Waals surface area (Å²) < 4.78 is 0. The topological polar surface area (TPSA) is 70.7 Å². The lowest BCUT2D eigenvalue weighted by Gasteiger charge is -2.27. The molecule has 1 atom stereocenters. The van der Waals surface area contributed by atoms with E-state index < -0.39 is 0 Å². The smallest absolute Gasteiger partial charge is 0.246 e. The molecule has 12 heavy (non-hydrogen) atoms. The number of carbonyl (C=O) groups is 1. The number of hydrogen-bond acceptors (Lipinski definition) is 4. The summed E-state index contributed by atoms with van der Waals surface area (Å²) in [7, 11) is 0. The van der Waals surface area contributed by atoms with Crippen LogP contribution in [0.25, 0.3) is 0 Å². The molecule has 0 spiro atoms. The van der Waals surface area contributed by atoms with E-state index in [0.717, 1.165) is 6.42 Å². The maximum atomic E-state index is 10.8. The number of hydrazone groups is 1. The van der Waals surface area contributed by atoms with Crippen LogP contribution >= 0.6 is 0 Å². The van der Waals surface area contributed by atoms with E-state index >= 15 is 0 Å². The predicted octanol–water partition coefficient (Wildman–Crippen LogP) is -1.02. The van der Waals surface area contributed by atoms with E-state index in [4.69, 9.17) is 5.73 Å². The van der Waals surface area contributed by atoms with Gasteiger partial charge in [0, 0.05) is 12.0 Å². The number of amides is 1. The molecule has 0 aliphatic carbocycles. The molecule has 0 radical (unpaired) electrons. The van der Waals surface area contributed by atoms with Gasteiger partial charge in [-0.1, -0.05) is 6.08 Å². The number of nitrogens with one attached hydrogen (secondary N) is 1. The third kappa shape index (κ3) is 1.03. The average molecular weight is 166 g/mol. The van der Waals surface area contributed by atoms with Gasteiger partial charge in [-0.05, 0) is 0 Å².